The molecule has 0 heterocycles. The molecule has 14 heavy (non-hydrogen) atoms. The van der Waals surface area contributed by atoms with Gasteiger partial charge in [-0.3, -0.25) is 0 Å². The van der Waals surface area contributed by atoms with Crippen molar-refractivity contribution in [3.8, 4) is 0 Å². The first-order valence-electron chi connectivity index (χ1n) is 4.79. The third-order valence-electron chi connectivity index (χ3n) is 1.98. The first-order valence-corrected chi connectivity index (χ1v) is 6.41. The minimum atomic E-state index is -0.367. The van der Waals surface area contributed by atoms with Crippen LogP contribution in [0.15, 0.2) is 29.2 Å². The number of hydrogen-bond acceptors (Lipinski definition) is 3. The van der Waals surface area contributed by atoms with Gasteiger partial charge in [0, 0.05) is 4.90 Å². The molecule has 0 aromatic heterocycles. The zero-order chi connectivity index (χ0) is 10.4. The fourth-order valence-electron chi connectivity index (χ4n) is 1.24. The molecule has 1 rings (SSSR count). The zero-order valence-corrected chi connectivity index (χ0v) is 10.0. The first-order chi connectivity index (χ1) is 6.77. The van der Waals surface area contributed by atoms with Crippen LogP contribution >= 0.6 is 24.4 Å². The van der Waals surface area contributed by atoms with Crippen molar-refractivity contribution in [2.75, 3.05) is 11.5 Å². The highest BCUT2D eigenvalue weighted by Crippen LogP contribution is 2.22. The van der Waals surface area contributed by atoms with Crippen molar-refractivity contribution < 1.29 is 5.11 Å². The zero-order valence-electron chi connectivity index (χ0n) is 8.31. The predicted molar refractivity (Wildman–Crippen MR) is 66.3 cm³/mol. The predicted octanol–water partition coefficient (Wildman–Crippen LogP) is 3.15. The molecule has 78 valence electrons. The topological polar surface area (TPSA) is 20.2 Å². The quantitative estimate of drug-likeness (QED) is 0.596. The van der Waals surface area contributed by atoms with E-state index in [1.165, 1.54) is 4.90 Å². The Kier molecular flexibility index (Phi) is 5.45. The van der Waals surface area contributed by atoms with Gasteiger partial charge < -0.3 is 5.11 Å². The van der Waals surface area contributed by atoms with E-state index in [4.69, 9.17) is 0 Å². The molecule has 0 fully saturated rings. The Morgan fingerprint density at radius 3 is 2.50 bits per heavy atom. The van der Waals surface area contributed by atoms with Crippen molar-refractivity contribution >= 4 is 24.4 Å². The number of thioether (sulfide) groups is 1. The third kappa shape index (κ3) is 3.56. The van der Waals surface area contributed by atoms with Gasteiger partial charge >= 0.3 is 0 Å². The second kappa shape index (κ2) is 6.38. The standard InChI is InChI=1S/C11H16OS2/c1-2-14-10-5-3-9(4-6-10)11(12)7-8-13/h3-6,11-13H,2,7-8H2,1H3. The van der Waals surface area contributed by atoms with Crippen molar-refractivity contribution in [1.82, 2.24) is 0 Å². The van der Waals surface area contributed by atoms with Gasteiger partial charge in [-0.1, -0.05) is 19.1 Å². The molecule has 0 aliphatic rings. The molecule has 0 radical (unpaired) electrons. The van der Waals surface area contributed by atoms with Crippen LogP contribution in [0.5, 0.6) is 0 Å². The molecule has 1 aromatic carbocycles. The molecule has 0 spiro atoms. The summed E-state index contributed by atoms with van der Waals surface area (Å²) in [6, 6.07) is 8.11. The summed E-state index contributed by atoms with van der Waals surface area (Å²) in [6.07, 6.45) is 0.344. The van der Waals surface area contributed by atoms with Crippen molar-refractivity contribution in [1.29, 1.82) is 0 Å². The van der Waals surface area contributed by atoms with Crippen LogP contribution in [0.4, 0.5) is 0 Å². The van der Waals surface area contributed by atoms with E-state index in [1.54, 1.807) is 0 Å². The Labute approximate surface area is 95.3 Å². The minimum absolute atomic E-state index is 0.367. The Bertz CT molecular complexity index is 258. The van der Waals surface area contributed by atoms with Crippen LogP contribution in [0.2, 0.25) is 0 Å². The molecule has 0 amide bonds. The van der Waals surface area contributed by atoms with Crippen LogP contribution < -0.4 is 0 Å². The van der Waals surface area contributed by atoms with Crippen molar-refractivity contribution in [3.63, 3.8) is 0 Å². The van der Waals surface area contributed by atoms with Crippen molar-refractivity contribution in [2.45, 2.75) is 24.3 Å². The number of aliphatic hydroxyl groups excluding tert-OH is 1. The minimum Gasteiger partial charge on any atom is -0.388 e. The Balaban J connectivity index is 2.62. The van der Waals surface area contributed by atoms with E-state index in [0.29, 0.717) is 12.2 Å². The van der Waals surface area contributed by atoms with Crippen LogP contribution in [-0.2, 0) is 0 Å². The Morgan fingerprint density at radius 2 is 2.00 bits per heavy atom. The molecule has 0 bridgehead atoms. The summed E-state index contributed by atoms with van der Waals surface area (Å²) < 4.78 is 0. The fourth-order valence-corrected chi connectivity index (χ4v) is 2.15. The van der Waals surface area contributed by atoms with Crippen LogP contribution in [0.3, 0.4) is 0 Å². The van der Waals surface area contributed by atoms with Gasteiger partial charge in [0.05, 0.1) is 6.10 Å². The Morgan fingerprint density at radius 1 is 1.36 bits per heavy atom. The largest absolute Gasteiger partial charge is 0.388 e. The highest BCUT2D eigenvalue weighted by Gasteiger charge is 2.05. The maximum Gasteiger partial charge on any atom is 0.0797 e. The molecular formula is C11H16OS2. The molecule has 0 aliphatic carbocycles. The van der Waals surface area contributed by atoms with Gasteiger partial charge in [0.1, 0.15) is 0 Å². The molecule has 3 heteroatoms. The summed E-state index contributed by atoms with van der Waals surface area (Å²) in [5.74, 6) is 1.80. The summed E-state index contributed by atoms with van der Waals surface area (Å²) in [4.78, 5) is 1.26. The van der Waals surface area contributed by atoms with Crippen molar-refractivity contribution in [3.05, 3.63) is 29.8 Å². The molecular weight excluding hydrogens is 212 g/mol. The molecule has 0 saturated heterocycles. The van der Waals surface area contributed by atoms with Gasteiger partial charge in [0.15, 0.2) is 0 Å². The second-order valence-electron chi connectivity index (χ2n) is 3.03. The normalized spacial score (nSPS) is 12.8. The van der Waals surface area contributed by atoms with Crippen LogP contribution in [0, 0.1) is 0 Å². The monoisotopic (exact) mass is 228 g/mol. The van der Waals surface area contributed by atoms with Crippen LogP contribution in [0.25, 0.3) is 0 Å². The molecule has 0 saturated carbocycles. The van der Waals surface area contributed by atoms with Gasteiger partial charge in [-0.05, 0) is 35.6 Å². The van der Waals surface area contributed by atoms with Gasteiger partial charge in [-0.25, -0.2) is 0 Å². The summed E-state index contributed by atoms with van der Waals surface area (Å²) in [7, 11) is 0. The molecule has 0 aliphatic heterocycles. The first kappa shape index (κ1) is 12.0. The molecule has 1 nitrogen and oxygen atoms in total. The second-order valence-corrected chi connectivity index (χ2v) is 4.81. The van der Waals surface area contributed by atoms with Gasteiger partial charge in [0.2, 0.25) is 0 Å². The van der Waals surface area contributed by atoms with E-state index >= 15 is 0 Å². The summed E-state index contributed by atoms with van der Waals surface area (Å²) in [6.45, 7) is 2.13. The summed E-state index contributed by atoms with van der Waals surface area (Å²) >= 11 is 5.91. The fraction of sp³-hybridized carbons (Fsp3) is 0.455. The van der Waals surface area contributed by atoms with E-state index in [0.717, 1.165) is 11.3 Å². The average molecular weight is 228 g/mol. The summed E-state index contributed by atoms with van der Waals surface area (Å²) in [5.41, 5.74) is 0.986. The third-order valence-corrected chi connectivity index (χ3v) is 3.13. The lowest BCUT2D eigenvalue weighted by Gasteiger charge is -2.09. The van der Waals surface area contributed by atoms with Crippen LogP contribution in [0.1, 0.15) is 25.0 Å². The summed E-state index contributed by atoms with van der Waals surface area (Å²) in [5, 5.41) is 9.69. The molecule has 1 N–H and O–H groups in total. The lowest BCUT2D eigenvalue weighted by molar-refractivity contribution is 0.175. The van der Waals surface area contributed by atoms with E-state index in [2.05, 4.69) is 31.7 Å². The smallest absolute Gasteiger partial charge is 0.0797 e. The molecule has 1 atom stereocenters. The number of thiol groups is 1. The van der Waals surface area contributed by atoms with Gasteiger partial charge in [-0.15, -0.1) is 11.8 Å². The highest BCUT2D eigenvalue weighted by molar-refractivity contribution is 7.99. The van der Waals surface area contributed by atoms with E-state index in [-0.39, 0.29) is 6.10 Å². The maximum absolute atomic E-state index is 9.69. The number of benzene rings is 1. The van der Waals surface area contributed by atoms with Gasteiger partial charge in [-0.2, -0.15) is 12.6 Å². The number of rotatable bonds is 5. The molecule has 1 aromatic rings. The lowest BCUT2D eigenvalue weighted by atomic mass is 10.1. The Hall–Kier alpha value is -0.120. The highest BCUT2D eigenvalue weighted by atomic mass is 32.2. The van der Waals surface area contributed by atoms with Crippen LogP contribution in [-0.4, -0.2) is 16.6 Å². The number of aliphatic hydroxyl groups is 1. The average Bonchev–Trinajstić information content (AvgIpc) is 2.20. The number of hydrogen-bond donors (Lipinski definition) is 2. The maximum atomic E-state index is 9.69. The van der Waals surface area contributed by atoms with Crippen molar-refractivity contribution in [2.24, 2.45) is 0 Å². The molecule has 1 unspecified atom stereocenters. The van der Waals surface area contributed by atoms with Gasteiger partial charge in [0.25, 0.3) is 0 Å². The van der Waals surface area contributed by atoms with E-state index < -0.39 is 0 Å². The van der Waals surface area contributed by atoms with E-state index in [1.807, 2.05) is 23.9 Å². The SMILES string of the molecule is CCSc1ccc(C(O)CCS)cc1. The lowest BCUT2D eigenvalue weighted by Crippen LogP contribution is -1.97. The van der Waals surface area contributed by atoms with E-state index in [9.17, 15) is 5.11 Å².